The fourth-order valence-electron chi connectivity index (χ4n) is 2.05. The third-order valence-corrected chi connectivity index (χ3v) is 4.88. The highest BCUT2D eigenvalue weighted by Gasteiger charge is 2.41. The minimum atomic E-state index is -4.11. The summed E-state index contributed by atoms with van der Waals surface area (Å²) in [5.74, 6) is -3.09. The Balaban J connectivity index is 2.61. The summed E-state index contributed by atoms with van der Waals surface area (Å²) in [6.45, 7) is 2.81. The molecule has 7 heteroatoms. The van der Waals surface area contributed by atoms with Crippen LogP contribution in [0.4, 0.5) is 4.39 Å². The van der Waals surface area contributed by atoms with Crippen LogP contribution in [0.1, 0.15) is 19.4 Å². The first kappa shape index (κ1) is 14.4. The predicted octanol–water partition coefficient (Wildman–Crippen LogP) is 1.48. The molecule has 5 nitrogen and oxygen atoms in total. The van der Waals surface area contributed by atoms with Crippen molar-refractivity contribution in [2.75, 3.05) is 6.61 Å². The number of allylic oxidation sites excluding steroid dienone is 1. The summed E-state index contributed by atoms with van der Waals surface area (Å²) in [5.41, 5.74) is 0.148. The molecule has 1 aromatic rings. The SMILES string of the molecule is CCOC(=O)C(=O)C1=C(C)c2cc(F)ccc2S1(=O)=O. The van der Waals surface area contributed by atoms with Crippen LogP contribution in [0.2, 0.25) is 0 Å². The van der Waals surface area contributed by atoms with E-state index in [1.165, 1.54) is 13.8 Å². The normalized spacial score (nSPS) is 15.9. The van der Waals surface area contributed by atoms with Crippen molar-refractivity contribution in [3.8, 4) is 0 Å². The zero-order valence-electron chi connectivity index (χ0n) is 10.8. The van der Waals surface area contributed by atoms with Gasteiger partial charge < -0.3 is 4.74 Å². The first-order chi connectivity index (χ1) is 9.30. The molecule has 0 spiro atoms. The van der Waals surface area contributed by atoms with Gasteiger partial charge in [0.15, 0.2) is 0 Å². The molecule has 1 heterocycles. The molecular formula is C13H11FO5S. The number of ether oxygens (including phenoxy) is 1. The molecule has 0 amide bonds. The molecule has 0 bridgehead atoms. The minimum Gasteiger partial charge on any atom is -0.460 e. The van der Waals surface area contributed by atoms with E-state index in [0.29, 0.717) is 0 Å². The quantitative estimate of drug-likeness (QED) is 0.480. The number of Topliss-reactive ketones (excluding diaryl/α,β-unsaturated/α-hetero) is 1. The topological polar surface area (TPSA) is 77.5 Å². The Kier molecular flexibility index (Phi) is 3.47. The molecule has 0 N–H and O–H groups in total. The lowest BCUT2D eigenvalue weighted by Gasteiger charge is -2.03. The van der Waals surface area contributed by atoms with Crippen LogP contribution in [0, 0.1) is 5.82 Å². The first-order valence-electron chi connectivity index (χ1n) is 5.78. The van der Waals surface area contributed by atoms with E-state index in [0.717, 1.165) is 18.2 Å². The first-order valence-corrected chi connectivity index (χ1v) is 7.26. The molecule has 0 saturated heterocycles. The fraction of sp³-hybridized carbons (Fsp3) is 0.231. The molecule has 0 fully saturated rings. The molecule has 106 valence electrons. The Morgan fingerprint density at radius 1 is 1.30 bits per heavy atom. The number of carbonyl (C=O) groups is 2. The largest absolute Gasteiger partial charge is 0.460 e. The zero-order valence-corrected chi connectivity index (χ0v) is 11.6. The molecular weight excluding hydrogens is 287 g/mol. The lowest BCUT2D eigenvalue weighted by Crippen LogP contribution is -2.23. The van der Waals surface area contributed by atoms with Crippen molar-refractivity contribution in [3.05, 3.63) is 34.5 Å². The highest BCUT2D eigenvalue weighted by Crippen LogP contribution is 2.39. The number of rotatable bonds is 3. The van der Waals surface area contributed by atoms with Crippen molar-refractivity contribution in [2.24, 2.45) is 0 Å². The van der Waals surface area contributed by atoms with Gasteiger partial charge in [0, 0.05) is 5.56 Å². The second kappa shape index (κ2) is 4.82. The van der Waals surface area contributed by atoms with Gasteiger partial charge in [-0.3, -0.25) is 4.79 Å². The van der Waals surface area contributed by atoms with Gasteiger partial charge in [-0.15, -0.1) is 0 Å². The molecule has 0 aliphatic carbocycles. The van der Waals surface area contributed by atoms with Gasteiger partial charge in [-0.2, -0.15) is 0 Å². The Bertz CT molecular complexity index is 746. The third-order valence-electron chi connectivity index (χ3n) is 2.91. The Morgan fingerprint density at radius 2 is 1.95 bits per heavy atom. The van der Waals surface area contributed by atoms with Crippen LogP contribution in [-0.2, 0) is 24.2 Å². The highest BCUT2D eigenvalue weighted by molar-refractivity contribution is 7.97. The number of sulfone groups is 1. The molecule has 2 rings (SSSR count). The Morgan fingerprint density at radius 3 is 2.55 bits per heavy atom. The molecule has 0 unspecified atom stereocenters. The average Bonchev–Trinajstić information content (AvgIpc) is 2.56. The van der Waals surface area contributed by atoms with Crippen molar-refractivity contribution < 1.29 is 27.1 Å². The average molecular weight is 298 g/mol. The van der Waals surface area contributed by atoms with E-state index in [9.17, 15) is 22.4 Å². The molecule has 0 saturated carbocycles. The summed E-state index contributed by atoms with van der Waals surface area (Å²) in [6, 6.07) is 3.09. The standard InChI is InChI=1S/C13H11FO5S/c1-3-19-13(16)11(15)12-7(2)9-6-8(14)4-5-10(9)20(12,17)18/h4-6H,3H2,1-2H3. The summed E-state index contributed by atoms with van der Waals surface area (Å²) in [6.07, 6.45) is 0. The molecule has 0 atom stereocenters. The van der Waals surface area contributed by atoms with E-state index >= 15 is 0 Å². The third kappa shape index (κ3) is 2.03. The Hall–Kier alpha value is -2.02. The molecule has 1 aliphatic rings. The zero-order chi connectivity index (χ0) is 15.1. The molecule has 1 aliphatic heterocycles. The number of hydrogen-bond acceptors (Lipinski definition) is 5. The van der Waals surface area contributed by atoms with Crippen molar-refractivity contribution in [1.29, 1.82) is 0 Å². The Labute approximate surface area is 115 Å². The maximum atomic E-state index is 13.2. The van der Waals surface area contributed by atoms with Crippen molar-refractivity contribution in [1.82, 2.24) is 0 Å². The summed E-state index contributed by atoms with van der Waals surface area (Å²) >= 11 is 0. The van der Waals surface area contributed by atoms with Gasteiger partial charge >= 0.3 is 5.97 Å². The number of carbonyl (C=O) groups excluding carboxylic acids is 2. The van der Waals surface area contributed by atoms with Crippen molar-refractivity contribution >= 4 is 27.2 Å². The number of hydrogen-bond donors (Lipinski definition) is 0. The van der Waals surface area contributed by atoms with E-state index in [4.69, 9.17) is 0 Å². The van der Waals surface area contributed by atoms with E-state index in [1.807, 2.05) is 0 Å². The van der Waals surface area contributed by atoms with Crippen LogP contribution < -0.4 is 0 Å². The number of esters is 1. The van der Waals surface area contributed by atoms with Gasteiger partial charge in [0.2, 0.25) is 9.84 Å². The van der Waals surface area contributed by atoms with Gasteiger partial charge in [0.1, 0.15) is 10.7 Å². The maximum absolute atomic E-state index is 13.2. The van der Waals surface area contributed by atoms with Crippen molar-refractivity contribution in [2.45, 2.75) is 18.7 Å². The summed E-state index contributed by atoms with van der Waals surface area (Å²) in [4.78, 5) is 22.5. The lowest BCUT2D eigenvalue weighted by atomic mass is 10.1. The second-order valence-corrected chi connectivity index (χ2v) is 6.00. The van der Waals surface area contributed by atoms with Crippen LogP contribution in [0.3, 0.4) is 0 Å². The monoisotopic (exact) mass is 298 g/mol. The molecule has 20 heavy (non-hydrogen) atoms. The van der Waals surface area contributed by atoms with Gasteiger partial charge in [-0.25, -0.2) is 17.6 Å². The van der Waals surface area contributed by atoms with Gasteiger partial charge in [0.25, 0.3) is 5.78 Å². The second-order valence-electron chi connectivity index (χ2n) is 4.15. The van der Waals surface area contributed by atoms with Gasteiger partial charge in [-0.05, 0) is 37.6 Å². The molecule has 0 radical (unpaired) electrons. The van der Waals surface area contributed by atoms with E-state index in [2.05, 4.69) is 4.74 Å². The summed E-state index contributed by atoms with van der Waals surface area (Å²) in [5, 5.41) is 0. The van der Waals surface area contributed by atoms with Crippen LogP contribution in [0.15, 0.2) is 28.0 Å². The highest BCUT2D eigenvalue weighted by atomic mass is 32.2. The fourth-order valence-corrected chi connectivity index (χ4v) is 3.85. The van der Waals surface area contributed by atoms with Crippen LogP contribution >= 0.6 is 0 Å². The van der Waals surface area contributed by atoms with Gasteiger partial charge in [0.05, 0.1) is 11.5 Å². The van der Waals surface area contributed by atoms with E-state index in [-0.39, 0.29) is 22.6 Å². The van der Waals surface area contributed by atoms with Crippen LogP contribution in [0.25, 0.3) is 5.57 Å². The van der Waals surface area contributed by atoms with Crippen LogP contribution in [0.5, 0.6) is 0 Å². The number of benzene rings is 1. The van der Waals surface area contributed by atoms with Crippen LogP contribution in [-0.4, -0.2) is 26.8 Å². The summed E-state index contributed by atoms with van der Waals surface area (Å²) < 4.78 is 42.2. The van der Waals surface area contributed by atoms with E-state index < -0.39 is 32.3 Å². The van der Waals surface area contributed by atoms with Crippen molar-refractivity contribution in [3.63, 3.8) is 0 Å². The van der Waals surface area contributed by atoms with E-state index in [1.54, 1.807) is 0 Å². The lowest BCUT2D eigenvalue weighted by molar-refractivity contribution is -0.151. The summed E-state index contributed by atoms with van der Waals surface area (Å²) in [7, 11) is -4.11. The molecule has 1 aromatic carbocycles. The number of ketones is 1. The molecule has 0 aromatic heterocycles. The predicted molar refractivity (Wildman–Crippen MR) is 67.8 cm³/mol. The van der Waals surface area contributed by atoms with Gasteiger partial charge in [-0.1, -0.05) is 0 Å². The number of halogens is 1. The minimum absolute atomic E-state index is 0.0431. The maximum Gasteiger partial charge on any atom is 0.380 e. The smallest absolute Gasteiger partial charge is 0.380 e. The number of fused-ring (bicyclic) bond motifs is 1.